The summed E-state index contributed by atoms with van der Waals surface area (Å²) in [5.41, 5.74) is 5.81. The first-order valence-corrected chi connectivity index (χ1v) is 8.00. The topological polar surface area (TPSA) is 61.6 Å². The summed E-state index contributed by atoms with van der Waals surface area (Å²) in [6.07, 6.45) is 6.21. The Kier molecular flexibility index (Phi) is 13.0. The van der Waals surface area contributed by atoms with Crippen LogP contribution in [0.2, 0.25) is 0 Å². The standard InChI is InChI=1S/C15H30N4O.3ClH/c1-13(16)14(20)17-12-15(6-10-18(2)11-7-15)19-8-4-3-5-9-19;;;/h13H,3-12,16H2,1-2H3,(H,17,20);3*1H/t13-;;;/m1.../s1. The van der Waals surface area contributed by atoms with E-state index < -0.39 is 6.04 Å². The van der Waals surface area contributed by atoms with Gasteiger partial charge in [0.2, 0.25) is 5.91 Å². The average molecular weight is 392 g/mol. The molecule has 2 heterocycles. The number of nitrogens with one attached hydrogen (secondary N) is 1. The molecule has 2 saturated heterocycles. The van der Waals surface area contributed by atoms with Gasteiger partial charge in [0.25, 0.3) is 0 Å². The number of nitrogens with two attached hydrogens (primary N) is 1. The van der Waals surface area contributed by atoms with E-state index in [9.17, 15) is 4.79 Å². The molecule has 0 saturated carbocycles. The van der Waals surface area contributed by atoms with Crippen LogP contribution in [0.3, 0.4) is 0 Å². The van der Waals surface area contributed by atoms with Gasteiger partial charge in [0, 0.05) is 12.1 Å². The molecule has 2 fully saturated rings. The fourth-order valence-corrected chi connectivity index (χ4v) is 3.42. The van der Waals surface area contributed by atoms with E-state index in [0.717, 1.165) is 32.5 Å². The summed E-state index contributed by atoms with van der Waals surface area (Å²) in [7, 11) is 2.18. The van der Waals surface area contributed by atoms with Gasteiger partial charge in [-0.3, -0.25) is 9.69 Å². The van der Waals surface area contributed by atoms with Gasteiger partial charge < -0.3 is 16.0 Å². The second-order valence-electron chi connectivity index (χ2n) is 6.58. The quantitative estimate of drug-likeness (QED) is 0.765. The van der Waals surface area contributed by atoms with Crippen molar-refractivity contribution in [3.8, 4) is 0 Å². The molecule has 0 aromatic heterocycles. The van der Waals surface area contributed by atoms with Crippen LogP contribution in [0.15, 0.2) is 0 Å². The van der Waals surface area contributed by atoms with Crippen LogP contribution in [-0.2, 0) is 4.79 Å². The Morgan fingerprint density at radius 1 is 1.09 bits per heavy atom. The molecule has 0 spiro atoms. The lowest BCUT2D eigenvalue weighted by Crippen LogP contribution is -2.62. The highest BCUT2D eigenvalue weighted by Gasteiger charge is 2.39. The highest BCUT2D eigenvalue weighted by molar-refractivity contribution is 5.86. The van der Waals surface area contributed by atoms with E-state index in [4.69, 9.17) is 5.73 Å². The third-order valence-corrected chi connectivity index (χ3v) is 4.95. The van der Waals surface area contributed by atoms with E-state index in [1.165, 1.54) is 32.4 Å². The Hall–Kier alpha value is 0.220. The van der Waals surface area contributed by atoms with E-state index >= 15 is 0 Å². The van der Waals surface area contributed by atoms with Crippen molar-refractivity contribution in [3.05, 3.63) is 0 Å². The Morgan fingerprint density at radius 2 is 1.61 bits per heavy atom. The maximum absolute atomic E-state index is 11.8. The molecule has 2 rings (SSSR count). The molecule has 0 aromatic rings. The van der Waals surface area contributed by atoms with Crippen LogP contribution in [0, 0.1) is 0 Å². The summed E-state index contributed by atoms with van der Waals surface area (Å²) in [5.74, 6) is -0.0275. The maximum Gasteiger partial charge on any atom is 0.236 e. The molecule has 1 atom stereocenters. The predicted molar refractivity (Wildman–Crippen MR) is 103 cm³/mol. The van der Waals surface area contributed by atoms with Crippen molar-refractivity contribution >= 4 is 43.1 Å². The van der Waals surface area contributed by atoms with Gasteiger partial charge in [-0.25, -0.2) is 0 Å². The number of rotatable bonds is 4. The van der Waals surface area contributed by atoms with Crippen molar-refractivity contribution in [3.63, 3.8) is 0 Å². The van der Waals surface area contributed by atoms with Crippen LogP contribution in [-0.4, -0.2) is 67.1 Å². The Morgan fingerprint density at radius 3 is 2.09 bits per heavy atom. The van der Waals surface area contributed by atoms with Crippen LogP contribution >= 0.6 is 37.2 Å². The van der Waals surface area contributed by atoms with Gasteiger partial charge in [-0.2, -0.15) is 0 Å². The molecule has 8 heteroatoms. The normalized spacial score (nSPS) is 22.7. The number of carbonyl (C=O) groups is 1. The first-order valence-electron chi connectivity index (χ1n) is 8.00. The zero-order valence-corrected chi connectivity index (χ0v) is 16.7. The molecule has 23 heavy (non-hydrogen) atoms. The number of hydrogen-bond donors (Lipinski definition) is 2. The summed E-state index contributed by atoms with van der Waals surface area (Å²) >= 11 is 0. The van der Waals surface area contributed by atoms with Crippen molar-refractivity contribution in [1.82, 2.24) is 15.1 Å². The molecular formula is C15H33Cl3N4O. The monoisotopic (exact) mass is 390 g/mol. The van der Waals surface area contributed by atoms with E-state index in [1.807, 2.05) is 0 Å². The number of halogens is 3. The van der Waals surface area contributed by atoms with Gasteiger partial charge >= 0.3 is 0 Å². The van der Waals surface area contributed by atoms with Crippen molar-refractivity contribution in [2.45, 2.75) is 50.6 Å². The van der Waals surface area contributed by atoms with Crippen molar-refractivity contribution in [2.24, 2.45) is 5.73 Å². The highest BCUT2D eigenvalue weighted by atomic mass is 35.5. The van der Waals surface area contributed by atoms with Gasteiger partial charge in [0.1, 0.15) is 0 Å². The average Bonchev–Trinajstić information content (AvgIpc) is 2.47. The van der Waals surface area contributed by atoms with Gasteiger partial charge in [0.05, 0.1) is 6.04 Å². The Balaban J connectivity index is 0. The minimum atomic E-state index is -0.417. The molecule has 3 N–H and O–H groups in total. The molecular weight excluding hydrogens is 359 g/mol. The van der Waals surface area contributed by atoms with Crippen LogP contribution in [0.5, 0.6) is 0 Å². The number of piperidine rings is 2. The summed E-state index contributed by atoms with van der Waals surface area (Å²) in [6, 6.07) is -0.417. The highest BCUT2D eigenvalue weighted by Crippen LogP contribution is 2.30. The predicted octanol–water partition coefficient (Wildman–Crippen LogP) is 1.67. The molecule has 0 bridgehead atoms. The molecule has 0 radical (unpaired) electrons. The van der Waals surface area contributed by atoms with Crippen molar-refractivity contribution < 1.29 is 4.79 Å². The van der Waals surface area contributed by atoms with E-state index in [2.05, 4.69) is 22.2 Å². The van der Waals surface area contributed by atoms with E-state index in [1.54, 1.807) is 6.92 Å². The van der Waals surface area contributed by atoms with Crippen molar-refractivity contribution in [1.29, 1.82) is 0 Å². The Bertz CT molecular complexity index is 331. The fraction of sp³-hybridized carbons (Fsp3) is 0.933. The van der Waals surface area contributed by atoms with Crippen LogP contribution in [0.25, 0.3) is 0 Å². The lowest BCUT2D eigenvalue weighted by Gasteiger charge is -2.50. The number of nitrogens with zero attached hydrogens (tertiary/aromatic N) is 2. The van der Waals surface area contributed by atoms with Gasteiger partial charge in [0.15, 0.2) is 0 Å². The summed E-state index contributed by atoms with van der Waals surface area (Å²) in [5, 5.41) is 3.08. The SMILES string of the molecule is C[C@@H](N)C(=O)NCC1(N2CCCCC2)CCN(C)CC1.Cl.Cl.Cl. The number of hydrogen-bond acceptors (Lipinski definition) is 4. The third kappa shape index (κ3) is 6.92. The number of likely N-dealkylation sites (tertiary alicyclic amines) is 2. The first-order chi connectivity index (χ1) is 9.53. The largest absolute Gasteiger partial charge is 0.353 e. The van der Waals surface area contributed by atoms with Crippen LogP contribution in [0.4, 0.5) is 0 Å². The summed E-state index contributed by atoms with van der Waals surface area (Å²) in [4.78, 5) is 16.8. The van der Waals surface area contributed by atoms with Crippen molar-refractivity contribution in [2.75, 3.05) is 39.8 Å². The van der Waals surface area contributed by atoms with Crippen LogP contribution in [0.1, 0.15) is 39.0 Å². The third-order valence-electron chi connectivity index (χ3n) is 4.95. The fourth-order valence-electron chi connectivity index (χ4n) is 3.42. The van der Waals surface area contributed by atoms with Gasteiger partial charge in [-0.05, 0) is 65.8 Å². The first kappa shape index (κ1) is 25.5. The molecule has 0 aliphatic carbocycles. The van der Waals surface area contributed by atoms with Gasteiger partial charge in [-0.1, -0.05) is 6.42 Å². The zero-order chi connectivity index (χ0) is 14.6. The number of amides is 1. The summed E-state index contributed by atoms with van der Waals surface area (Å²) in [6.45, 7) is 7.09. The molecule has 2 aliphatic rings. The molecule has 1 amide bonds. The second-order valence-corrected chi connectivity index (χ2v) is 6.58. The van der Waals surface area contributed by atoms with E-state index in [0.29, 0.717) is 0 Å². The van der Waals surface area contributed by atoms with Gasteiger partial charge in [-0.15, -0.1) is 37.2 Å². The Labute approximate surface area is 159 Å². The summed E-state index contributed by atoms with van der Waals surface area (Å²) < 4.78 is 0. The molecule has 2 aliphatic heterocycles. The maximum atomic E-state index is 11.8. The molecule has 0 aromatic carbocycles. The minimum absolute atomic E-state index is 0. The van der Waals surface area contributed by atoms with E-state index in [-0.39, 0.29) is 48.7 Å². The molecule has 0 unspecified atom stereocenters. The van der Waals surface area contributed by atoms with Crippen LogP contribution < -0.4 is 11.1 Å². The smallest absolute Gasteiger partial charge is 0.236 e. The zero-order valence-electron chi connectivity index (χ0n) is 14.3. The minimum Gasteiger partial charge on any atom is -0.353 e. The molecule has 5 nitrogen and oxygen atoms in total. The molecule has 140 valence electrons. The lowest BCUT2D eigenvalue weighted by atomic mass is 9.84. The lowest BCUT2D eigenvalue weighted by molar-refractivity contribution is -0.123. The number of carbonyl (C=O) groups excluding carboxylic acids is 1. The second kappa shape index (κ2) is 11.7.